The lowest BCUT2D eigenvalue weighted by atomic mass is 9.73. The smallest absolute Gasteiger partial charge is 0.399 e. The van der Waals surface area contributed by atoms with Crippen molar-refractivity contribution in [2.75, 3.05) is 0 Å². The van der Waals surface area contributed by atoms with E-state index in [1.165, 1.54) is 0 Å². The van der Waals surface area contributed by atoms with E-state index in [1.54, 1.807) is 6.21 Å². The highest BCUT2D eigenvalue weighted by Crippen LogP contribution is 2.40. The van der Waals surface area contributed by atoms with Gasteiger partial charge in [-0.15, -0.1) is 0 Å². The number of fused-ring (bicyclic) bond motifs is 1. The Morgan fingerprint density at radius 1 is 1.21 bits per heavy atom. The van der Waals surface area contributed by atoms with Crippen LogP contribution < -0.4 is 0 Å². The summed E-state index contributed by atoms with van der Waals surface area (Å²) >= 11 is 6.23. The van der Waals surface area contributed by atoms with Crippen LogP contribution in [0.5, 0.6) is 0 Å². The van der Waals surface area contributed by atoms with Crippen LogP contribution in [0.1, 0.15) is 27.7 Å². The van der Waals surface area contributed by atoms with E-state index in [0.29, 0.717) is 5.03 Å². The van der Waals surface area contributed by atoms with Gasteiger partial charge in [0.15, 0.2) is 0 Å². The molecule has 19 heavy (non-hydrogen) atoms. The highest BCUT2D eigenvalue weighted by atomic mass is 35.5. The average molecular weight is 279 g/mol. The van der Waals surface area contributed by atoms with E-state index >= 15 is 0 Å². The Kier molecular flexibility index (Phi) is 2.79. The Labute approximate surface area is 118 Å². The lowest BCUT2D eigenvalue weighted by molar-refractivity contribution is 0.00578. The molecule has 0 N–H and O–H groups in total. The molecule has 1 aliphatic carbocycles. The highest BCUT2D eigenvalue weighted by Gasteiger charge is 2.52. The van der Waals surface area contributed by atoms with E-state index in [0.717, 1.165) is 11.2 Å². The van der Waals surface area contributed by atoms with E-state index in [2.05, 4.69) is 10.2 Å². The van der Waals surface area contributed by atoms with Gasteiger partial charge in [0, 0.05) is 6.21 Å². The van der Waals surface area contributed by atoms with Crippen LogP contribution in [0.2, 0.25) is 0 Å². The van der Waals surface area contributed by atoms with E-state index in [4.69, 9.17) is 20.9 Å². The van der Waals surface area contributed by atoms with Gasteiger partial charge in [-0.3, -0.25) is 0 Å². The van der Waals surface area contributed by atoms with Crippen LogP contribution in [0, 0.1) is 5.92 Å². The summed E-state index contributed by atoms with van der Waals surface area (Å²) in [7, 11) is -0.394. The van der Waals surface area contributed by atoms with Crippen LogP contribution in [0.3, 0.4) is 0 Å². The fourth-order valence-corrected chi connectivity index (χ4v) is 2.52. The summed E-state index contributed by atoms with van der Waals surface area (Å²) in [6.07, 6.45) is 5.67. The minimum absolute atomic E-state index is 0.0338. The maximum Gasteiger partial charge on any atom is 0.494 e. The van der Waals surface area contributed by atoms with Crippen LogP contribution in [-0.2, 0) is 9.31 Å². The number of hydrogen-bond acceptors (Lipinski definition) is 4. The van der Waals surface area contributed by atoms with Crippen molar-refractivity contribution in [3.8, 4) is 0 Å². The largest absolute Gasteiger partial charge is 0.494 e. The van der Waals surface area contributed by atoms with Gasteiger partial charge in [0.1, 0.15) is 0 Å². The molecule has 0 aromatic heterocycles. The third-order valence-corrected chi connectivity index (χ3v) is 4.45. The van der Waals surface area contributed by atoms with Gasteiger partial charge in [-0.2, -0.15) is 10.2 Å². The molecular formula is C13H16BClN2O2. The van der Waals surface area contributed by atoms with Gasteiger partial charge >= 0.3 is 7.12 Å². The second-order valence-electron chi connectivity index (χ2n) is 6.02. The van der Waals surface area contributed by atoms with Gasteiger partial charge < -0.3 is 9.31 Å². The Bertz CT molecular complexity index is 533. The quantitative estimate of drug-likeness (QED) is 0.692. The SMILES string of the molecule is CC1(C)OB(C2=CC3C=NN=C3C(Cl)=C2)OC1(C)C. The van der Waals surface area contributed by atoms with Crippen molar-refractivity contribution in [2.45, 2.75) is 38.9 Å². The maximum atomic E-state index is 6.23. The van der Waals surface area contributed by atoms with Crippen LogP contribution in [0.25, 0.3) is 0 Å². The van der Waals surface area contributed by atoms with Gasteiger partial charge in [-0.05, 0) is 39.2 Å². The third-order valence-electron chi connectivity index (χ3n) is 4.14. The Morgan fingerprint density at radius 2 is 1.84 bits per heavy atom. The molecule has 0 spiro atoms. The summed E-state index contributed by atoms with van der Waals surface area (Å²) in [6, 6.07) is 0. The van der Waals surface area contributed by atoms with Crippen molar-refractivity contribution in [3.63, 3.8) is 0 Å². The standard InChI is InChI=1S/C13H16BClN2O2/c1-12(2)13(3,4)19-14(18-12)9-5-8-7-16-17-11(8)10(15)6-9/h5-8H,1-4H3. The molecule has 1 atom stereocenters. The molecule has 0 aromatic carbocycles. The van der Waals surface area contributed by atoms with Crippen LogP contribution in [0.15, 0.2) is 32.9 Å². The monoisotopic (exact) mass is 278 g/mol. The van der Waals surface area contributed by atoms with Crippen molar-refractivity contribution in [2.24, 2.45) is 16.1 Å². The van der Waals surface area contributed by atoms with Crippen LogP contribution in [-0.4, -0.2) is 30.2 Å². The topological polar surface area (TPSA) is 43.2 Å². The van der Waals surface area contributed by atoms with E-state index in [1.807, 2.05) is 39.8 Å². The lowest BCUT2D eigenvalue weighted by Gasteiger charge is -2.32. The minimum atomic E-state index is -0.394. The molecule has 0 aromatic rings. The number of rotatable bonds is 1. The van der Waals surface area contributed by atoms with Gasteiger partial charge in [0.25, 0.3) is 0 Å². The summed E-state index contributed by atoms with van der Waals surface area (Å²) < 4.78 is 12.0. The van der Waals surface area contributed by atoms with Crippen molar-refractivity contribution in [3.05, 3.63) is 22.7 Å². The molecule has 2 heterocycles. The molecule has 0 amide bonds. The Balaban J connectivity index is 1.89. The summed E-state index contributed by atoms with van der Waals surface area (Å²) in [5.41, 5.74) is 1.02. The number of hydrogen-bond donors (Lipinski definition) is 0. The number of halogens is 1. The zero-order valence-corrected chi connectivity index (χ0v) is 12.2. The molecule has 0 saturated carbocycles. The van der Waals surface area contributed by atoms with Crippen molar-refractivity contribution >= 4 is 30.6 Å². The first-order valence-electron chi connectivity index (χ1n) is 6.36. The second kappa shape index (κ2) is 4.04. The van der Waals surface area contributed by atoms with E-state index in [-0.39, 0.29) is 17.1 Å². The summed E-state index contributed by atoms with van der Waals surface area (Å²) in [6.45, 7) is 8.13. The summed E-state index contributed by atoms with van der Waals surface area (Å²) in [5, 5.41) is 8.53. The first-order valence-corrected chi connectivity index (χ1v) is 6.74. The molecule has 1 saturated heterocycles. The normalized spacial score (nSPS) is 30.9. The third kappa shape index (κ3) is 2.00. The minimum Gasteiger partial charge on any atom is -0.399 e. The van der Waals surface area contributed by atoms with Crippen LogP contribution >= 0.6 is 11.6 Å². The average Bonchev–Trinajstić information content (AvgIpc) is 2.82. The predicted octanol–water partition coefficient (Wildman–Crippen LogP) is 2.74. The summed E-state index contributed by atoms with van der Waals surface area (Å²) in [4.78, 5) is 0. The fourth-order valence-electron chi connectivity index (χ4n) is 2.24. The Morgan fingerprint density at radius 3 is 2.47 bits per heavy atom. The molecule has 6 heteroatoms. The number of nitrogens with zero attached hydrogens (tertiary/aromatic N) is 2. The lowest BCUT2D eigenvalue weighted by Crippen LogP contribution is -2.41. The molecule has 3 rings (SSSR count). The first kappa shape index (κ1) is 13.1. The molecule has 2 aliphatic heterocycles. The first-order chi connectivity index (χ1) is 8.80. The van der Waals surface area contributed by atoms with Gasteiger partial charge in [0.05, 0.1) is 27.9 Å². The molecule has 100 valence electrons. The van der Waals surface area contributed by atoms with E-state index in [9.17, 15) is 0 Å². The fraction of sp³-hybridized carbons (Fsp3) is 0.538. The molecule has 0 radical (unpaired) electrons. The zero-order valence-electron chi connectivity index (χ0n) is 11.5. The Hall–Kier alpha value is -0.905. The molecular weight excluding hydrogens is 262 g/mol. The van der Waals surface area contributed by atoms with Crippen molar-refractivity contribution < 1.29 is 9.31 Å². The molecule has 3 aliphatic rings. The van der Waals surface area contributed by atoms with Gasteiger partial charge in [0.2, 0.25) is 0 Å². The zero-order chi connectivity index (χ0) is 13.8. The maximum absolute atomic E-state index is 6.23. The molecule has 1 unspecified atom stereocenters. The van der Waals surface area contributed by atoms with Crippen molar-refractivity contribution in [1.82, 2.24) is 0 Å². The summed E-state index contributed by atoms with van der Waals surface area (Å²) in [5.74, 6) is 0.0338. The van der Waals surface area contributed by atoms with Crippen LogP contribution in [0.4, 0.5) is 0 Å². The van der Waals surface area contributed by atoms with Crippen molar-refractivity contribution in [1.29, 1.82) is 0 Å². The molecule has 4 nitrogen and oxygen atoms in total. The molecule has 0 bridgehead atoms. The number of allylic oxidation sites excluding steroid dienone is 4. The predicted molar refractivity (Wildman–Crippen MR) is 77.5 cm³/mol. The van der Waals surface area contributed by atoms with Gasteiger partial charge in [-0.1, -0.05) is 17.7 Å². The van der Waals surface area contributed by atoms with Gasteiger partial charge in [-0.25, -0.2) is 0 Å². The highest BCUT2D eigenvalue weighted by molar-refractivity contribution is 6.57. The van der Waals surface area contributed by atoms with E-state index < -0.39 is 7.12 Å². The second-order valence-corrected chi connectivity index (χ2v) is 6.43. The molecule has 1 fully saturated rings.